The third-order valence-electron chi connectivity index (χ3n) is 3.32. The number of Topliss-reactive ketones (excluding diaryl/α,β-unsaturated/α-hetero) is 1. The van der Waals surface area contributed by atoms with Crippen molar-refractivity contribution in [3.8, 4) is 0 Å². The second kappa shape index (κ2) is 5.34. The monoisotopic (exact) mass is 271 g/mol. The van der Waals surface area contributed by atoms with E-state index in [1.54, 1.807) is 12.1 Å². The summed E-state index contributed by atoms with van der Waals surface area (Å²) in [6, 6.07) is 4.64. The summed E-state index contributed by atoms with van der Waals surface area (Å²) in [7, 11) is 0. The number of ether oxygens (including phenoxy) is 1. The molecule has 18 heavy (non-hydrogen) atoms. The first-order valence-electron chi connectivity index (χ1n) is 5.86. The van der Waals surface area contributed by atoms with Gasteiger partial charge < -0.3 is 10.5 Å². The molecule has 0 unspecified atom stereocenters. The molecule has 0 radical (unpaired) electrons. The van der Waals surface area contributed by atoms with Gasteiger partial charge in [0.15, 0.2) is 5.78 Å². The van der Waals surface area contributed by atoms with E-state index in [0.29, 0.717) is 31.6 Å². The molecule has 1 heterocycles. The van der Waals surface area contributed by atoms with E-state index >= 15 is 0 Å². The zero-order chi connectivity index (χ0) is 13.2. The fraction of sp³-hybridized carbons (Fsp3) is 0.462. The van der Waals surface area contributed by atoms with Crippen LogP contribution < -0.4 is 5.73 Å². The molecule has 2 rings (SSSR count). The molecule has 1 fully saturated rings. The van der Waals surface area contributed by atoms with Crippen molar-refractivity contribution >= 4 is 17.4 Å². The van der Waals surface area contributed by atoms with Crippen molar-refractivity contribution in [1.29, 1.82) is 0 Å². The molecule has 0 aliphatic carbocycles. The van der Waals surface area contributed by atoms with Gasteiger partial charge in [-0.25, -0.2) is 4.39 Å². The normalized spacial score (nSPS) is 18.6. The topological polar surface area (TPSA) is 52.3 Å². The molecule has 1 aromatic rings. The second-order valence-corrected chi connectivity index (χ2v) is 4.99. The van der Waals surface area contributed by atoms with Crippen LogP contribution in [0.3, 0.4) is 0 Å². The minimum atomic E-state index is -0.896. The van der Waals surface area contributed by atoms with E-state index in [1.807, 2.05) is 0 Å². The Morgan fingerprint density at radius 1 is 1.44 bits per heavy atom. The van der Waals surface area contributed by atoms with E-state index in [2.05, 4.69) is 0 Å². The molecular weight excluding hydrogens is 257 g/mol. The molecule has 1 aliphatic heterocycles. The molecule has 0 atom stereocenters. The van der Waals surface area contributed by atoms with E-state index in [0.717, 1.165) is 0 Å². The smallest absolute Gasteiger partial charge is 0.157 e. The molecule has 2 N–H and O–H groups in total. The third kappa shape index (κ3) is 2.71. The minimum absolute atomic E-state index is 0.0249. The number of rotatable bonds is 3. The highest BCUT2D eigenvalue weighted by molar-refractivity contribution is 6.30. The number of nitrogens with two attached hydrogens (primary N) is 1. The summed E-state index contributed by atoms with van der Waals surface area (Å²) < 4.78 is 18.9. The first-order chi connectivity index (χ1) is 8.53. The van der Waals surface area contributed by atoms with Crippen molar-refractivity contribution in [3.63, 3.8) is 0 Å². The van der Waals surface area contributed by atoms with Crippen molar-refractivity contribution in [2.75, 3.05) is 13.2 Å². The van der Waals surface area contributed by atoms with Crippen molar-refractivity contribution in [1.82, 2.24) is 0 Å². The third-order valence-corrected chi connectivity index (χ3v) is 3.61. The van der Waals surface area contributed by atoms with E-state index < -0.39 is 11.4 Å². The molecule has 3 nitrogen and oxygen atoms in total. The van der Waals surface area contributed by atoms with E-state index in [-0.39, 0.29) is 17.2 Å². The van der Waals surface area contributed by atoms with Crippen molar-refractivity contribution < 1.29 is 13.9 Å². The van der Waals surface area contributed by atoms with Crippen LogP contribution in [-0.4, -0.2) is 24.5 Å². The highest BCUT2D eigenvalue weighted by Gasteiger charge is 2.35. The zero-order valence-electron chi connectivity index (χ0n) is 9.92. The van der Waals surface area contributed by atoms with Gasteiger partial charge in [-0.2, -0.15) is 0 Å². The van der Waals surface area contributed by atoms with Crippen molar-refractivity contribution in [3.05, 3.63) is 34.6 Å². The van der Waals surface area contributed by atoms with Gasteiger partial charge in [-0.3, -0.25) is 4.79 Å². The average Bonchev–Trinajstić information content (AvgIpc) is 2.36. The Morgan fingerprint density at radius 2 is 2.11 bits per heavy atom. The maximum Gasteiger partial charge on any atom is 0.157 e. The number of carbonyl (C=O) groups excluding carboxylic acids is 1. The molecule has 1 aliphatic rings. The highest BCUT2D eigenvalue weighted by atomic mass is 35.5. The quantitative estimate of drug-likeness (QED) is 0.916. The predicted molar refractivity (Wildman–Crippen MR) is 67.1 cm³/mol. The summed E-state index contributed by atoms with van der Waals surface area (Å²) >= 11 is 5.68. The maximum atomic E-state index is 13.7. The lowest BCUT2D eigenvalue weighted by Crippen LogP contribution is -2.52. The lowest BCUT2D eigenvalue weighted by molar-refractivity contribution is -0.126. The molecule has 1 saturated heterocycles. The Hall–Kier alpha value is -0.970. The number of halogens is 2. The highest BCUT2D eigenvalue weighted by Crippen LogP contribution is 2.23. The summed E-state index contributed by atoms with van der Waals surface area (Å²) in [4.78, 5) is 12.2. The largest absolute Gasteiger partial charge is 0.381 e. The van der Waals surface area contributed by atoms with Crippen LogP contribution in [0.25, 0.3) is 0 Å². The first-order valence-corrected chi connectivity index (χ1v) is 6.23. The molecule has 0 spiro atoms. The molecular formula is C13H15ClFNO2. The Labute approximate surface area is 110 Å². The Bertz CT molecular complexity index is 458. The maximum absolute atomic E-state index is 13.7. The Balaban J connectivity index is 2.13. The SMILES string of the molecule is NC1(C(=O)Cc2cccc(Cl)c2F)CCOCC1. The molecule has 0 bridgehead atoms. The average molecular weight is 272 g/mol. The van der Waals surface area contributed by atoms with Gasteiger partial charge in [0.25, 0.3) is 0 Å². The van der Waals surface area contributed by atoms with Gasteiger partial charge in [0, 0.05) is 19.6 Å². The van der Waals surface area contributed by atoms with Crippen molar-refractivity contribution in [2.45, 2.75) is 24.8 Å². The summed E-state index contributed by atoms with van der Waals surface area (Å²) in [5.41, 5.74) is 5.45. The van der Waals surface area contributed by atoms with Gasteiger partial charge in [-0.1, -0.05) is 23.7 Å². The number of carbonyl (C=O) groups is 1. The van der Waals surface area contributed by atoms with E-state index in [1.165, 1.54) is 6.07 Å². The summed E-state index contributed by atoms with van der Waals surface area (Å²) in [5.74, 6) is -0.699. The molecule has 0 amide bonds. The van der Waals surface area contributed by atoms with Crippen LogP contribution in [0.15, 0.2) is 18.2 Å². The fourth-order valence-electron chi connectivity index (χ4n) is 2.05. The summed E-state index contributed by atoms with van der Waals surface area (Å²) in [6.45, 7) is 0.945. The summed E-state index contributed by atoms with van der Waals surface area (Å²) in [6.07, 6.45) is 0.935. The van der Waals surface area contributed by atoms with Crippen LogP contribution in [0, 0.1) is 5.82 Å². The van der Waals surface area contributed by atoms with Gasteiger partial charge in [-0.05, 0) is 24.5 Å². The van der Waals surface area contributed by atoms with Crippen LogP contribution in [0.4, 0.5) is 4.39 Å². The standard InChI is InChI=1S/C13H15ClFNO2/c14-10-3-1-2-9(12(10)15)8-11(17)13(16)4-6-18-7-5-13/h1-3H,4-8,16H2. The molecule has 0 aromatic heterocycles. The Morgan fingerprint density at radius 3 is 2.78 bits per heavy atom. The van der Waals surface area contributed by atoms with E-state index in [4.69, 9.17) is 22.1 Å². The minimum Gasteiger partial charge on any atom is -0.381 e. The van der Waals surface area contributed by atoms with Crippen LogP contribution in [-0.2, 0) is 16.0 Å². The van der Waals surface area contributed by atoms with Crippen molar-refractivity contribution in [2.24, 2.45) is 5.73 Å². The predicted octanol–water partition coefficient (Wildman–Crippen LogP) is 2.10. The number of hydrogen-bond donors (Lipinski definition) is 1. The van der Waals surface area contributed by atoms with Gasteiger partial charge in [0.2, 0.25) is 0 Å². The van der Waals surface area contributed by atoms with Gasteiger partial charge in [0.1, 0.15) is 5.82 Å². The molecule has 5 heteroatoms. The second-order valence-electron chi connectivity index (χ2n) is 4.58. The molecule has 98 valence electrons. The van der Waals surface area contributed by atoms with Crippen LogP contribution in [0.5, 0.6) is 0 Å². The van der Waals surface area contributed by atoms with Gasteiger partial charge in [-0.15, -0.1) is 0 Å². The van der Waals surface area contributed by atoms with E-state index in [9.17, 15) is 9.18 Å². The number of ketones is 1. The number of benzene rings is 1. The Kier molecular flexibility index (Phi) is 4.00. The number of hydrogen-bond acceptors (Lipinski definition) is 3. The lowest BCUT2D eigenvalue weighted by Gasteiger charge is -2.31. The zero-order valence-corrected chi connectivity index (χ0v) is 10.7. The first kappa shape index (κ1) is 13.5. The van der Waals surface area contributed by atoms with Gasteiger partial charge in [0.05, 0.1) is 10.6 Å². The van der Waals surface area contributed by atoms with Crippen LogP contribution in [0.2, 0.25) is 5.02 Å². The van der Waals surface area contributed by atoms with Gasteiger partial charge >= 0.3 is 0 Å². The fourth-order valence-corrected chi connectivity index (χ4v) is 2.24. The van der Waals surface area contributed by atoms with Crippen LogP contribution >= 0.6 is 11.6 Å². The van der Waals surface area contributed by atoms with Crippen LogP contribution in [0.1, 0.15) is 18.4 Å². The molecule has 0 saturated carbocycles. The summed E-state index contributed by atoms with van der Waals surface area (Å²) in [5, 5.41) is 0.0262. The lowest BCUT2D eigenvalue weighted by atomic mass is 9.84. The molecule has 1 aromatic carbocycles.